The predicted octanol–water partition coefficient (Wildman–Crippen LogP) is 4.64. The molecule has 2 aromatic heterocycles. The first-order valence-corrected chi connectivity index (χ1v) is 14.1. The number of Topliss-reactive ketones (excluding diaryl/α,β-unsaturated/α-hetero) is 1. The number of aromatic nitrogens is 1. The van der Waals surface area contributed by atoms with Gasteiger partial charge in [-0.2, -0.15) is 0 Å². The summed E-state index contributed by atoms with van der Waals surface area (Å²) in [6.45, 7) is 3.90. The quantitative estimate of drug-likeness (QED) is 0.258. The van der Waals surface area contributed by atoms with Crippen LogP contribution in [-0.2, 0) is 4.79 Å². The van der Waals surface area contributed by atoms with Crippen molar-refractivity contribution in [3.63, 3.8) is 0 Å². The minimum atomic E-state index is -0.595. The Kier molecular flexibility index (Phi) is 7.73. The van der Waals surface area contributed by atoms with Crippen LogP contribution in [0, 0.1) is 0 Å². The van der Waals surface area contributed by atoms with Crippen molar-refractivity contribution >= 4 is 17.6 Å². The highest BCUT2D eigenvalue weighted by atomic mass is 16.3. The third kappa shape index (κ3) is 5.83. The number of benzene rings is 2. The number of amides is 2. The highest BCUT2D eigenvalue weighted by Crippen LogP contribution is 2.26. The molecule has 2 fully saturated rings. The van der Waals surface area contributed by atoms with E-state index in [0.717, 1.165) is 48.4 Å². The number of rotatable bonds is 6. The molecule has 0 spiro atoms. The van der Waals surface area contributed by atoms with Gasteiger partial charge in [0, 0.05) is 62.0 Å². The lowest BCUT2D eigenvalue weighted by Gasteiger charge is -2.42. The monoisotopic (exact) mass is 548 g/mol. The van der Waals surface area contributed by atoms with E-state index in [1.165, 1.54) is 12.3 Å². The molecule has 0 unspecified atom stereocenters. The van der Waals surface area contributed by atoms with Gasteiger partial charge >= 0.3 is 0 Å². The molecule has 41 heavy (non-hydrogen) atoms. The van der Waals surface area contributed by atoms with Crippen LogP contribution < -0.4 is 0 Å². The van der Waals surface area contributed by atoms with Gasteiger partial charge in [0.1, 0.15) is 0 Å². The average Bonchev–Trinajstić information content (AvgIpc) is 3.60. The van der Waals surface area contributed by atoms with Crippen LogP contribution in [0.1, 0.15) is 33.8 Å². The minimum Gasteiger partial charge on any atom is -0.461 e. The van der Waals surface area contributed by atoms with E-state index in [0.29, 0.717) is 37.8 Å². The van der Waals surface area contributed by atoms with Gasteiger partial charge in [-0.15, -0.1) is 0 Å². The summed E-state index contributed by atoms with van der Waals surface area (Å²) in [5.41, 5.74) is 4.14. The predicted molar refractivity (Wildman–Crippen MR) is 155 cm³/mol. The molecule has 0 saturated carbocycles. The van der Waals surface area contributed by atoms with Crippen molar-refractivity contribution in [1.29, 1.82) is 0 Å². The number of carbonyl (C=O) groups excluding carboxylic acids is 3. The summed E-state index contributed by atoms with van der Waals surface area (Å²) < 4.78 is 5.10. The lowest BCUT2D eigenvalue weighted by atomic mass is 10.0. The number of likely N-dealkylation sites (tertiary alicyclic amines) is 1. The maximum Gasteiger partial charge on any atom is 0.298 e. The van der Waals surface area contributed by atoms with E-state index in [-0.39, 0.29) is 11.7 Å². The zero-order valence-corrected chi connectivity index (χ0v) is 22.8. The first kappa shape index (κ1) is 26.7. The summed E-state index contributed by atoms with van der Waals surface area (Å²) in [5, 5.41) is 0. The Morgan fingerprint density at radius 3 is 1.80 bits per heavy atom. The van der Waals surface area contributed by atoms with Crippen molar-refractivity contribution in [3.8, 4) is 22.5 Å². The van der Waals surface area contributed by atoms with Gasteiger partial charge in [-0.05, 0) is 37.1 Å². The molecule has 8 nitrogen and oxygen atoms in total. The van der Waals surface area contributed by atoms with E-state index >= 15 is 0 Å². The zero-order chi connectivity index (χ0) is 28.2. The second-order valence-electron chi connectivity index (χ2n) is 10.5. The van der Waals surface area contributed by atoms with Gasteiger partial charge < -0.3 is 14.2 Å². The van der Waals surface area contributed by atoms with Crippen molar-refractivity contribution < 1.29 is 18.8 Å². The Morgan fingerprint density at radius 2 is 1.27 bits per heavy atom. The normalized spacial score (nSPS) is 16.5. The number of piperidine rings is 1. The second-order valence-corrected chi connectivity index (χ2v) is 10.5. The largest absolute Gasteiger partial charge is 0.461 e. The van der Waals surface area contributed by atoms with Crippen LogP contribution in [0.25, 0.3) is 22.5 Å². The number of hydrogen-bond acceptors (Lipinski definition) is 6. The maximum absolute atomic E-state index is 13.7. The number of carbonyl (C=O) groups is 3. The fourth-order valence-electron chi connectivity index (χ4n) is 5.73. The van der Waals surface area contributed by atoms with E-state index in [9.17, 15) is 14.4 Å². The van der Waals surface area contributed by atoms with Crippen LogP contribution in [0.3, 0.4) is 0 Å². The van der Waals surface area contributed by atoms with Gasteiger partial charge in [0.2, 0.25) is 0 Å². The Bertz CT molecular complexity index is 1450. The second kappa shape index (κ2) is 11.9. The van der Waals surface area contributed by atoms with E-state index < -0.39 is 11.7 Å². The summed E-state index contributed by atoms with van der Waals surface area (Å²) >= 11 is 0. The van der Waals surface area contributed by atoms with Gasteiger partial charge in [0.15, 0.2) is 5.76 Å². The van der Waals surface area contributed by atoms with Gasteiger partial charge in [0.05, 0.1) is 17.7 Å². The molecule has 208 valence electrons. The Balaban J connectivity index is 1.10. The molecule has 0 aliphatic carbocycles. The number of pyridine rings is 1. The average molecular weight is 549 g/mol. The number of hydrogen-bond donors (Lipinski definition) is 0. The molecule has 2 aliphatic heterocycles. The number of ketones is 1. The maximum atomic E-state index is 13.7. The van der Waals surface area contributed by atoms with Crippen LogP contribution in [0.5, 0.6) is 0 Å². The Morgan fingerprint density at radius 1 is 0.683 bits per heavy atom. The zero-order valence-electron chi connectivity index (χ0n) is 22.8. The summed E-state index contributed by atoms with van der Waals surface area (Å²) in [4.78, 5) is 49.6. The van der Waals surface area contributed by atoms with Gasteiger partial charge in [0.25, 0.3) is 17.6 Å². The number of furan rings is 1. The molecule has 4 heterocycles. The van der Waals surface area contributed by atoms with E-state index in [2.05, 4.69) is 4.90 Å². The fourth-order valence-corrected chi connectivity index (χ4v) is 5.73. The van der Waals surface area contributed by atoms with E-state index in [1.807, 2.05) is 77.7 Å². The fraction of sp³-hybridized carbons (Fsp3) is 0.273. The molecule has 0 radical (unpaired) electrons. The van der Waals surface area contributed by atoms with E-state index in [1.54, 1.807) is 11.0 Å². The molecule has 0 bridgehead atoms. The molecule has 4 aromatic rings. The molecule has 6 rings (SSSR count). The number of piperazine rings is 1. The lowest BCUT2D eigenvalue weighted by Crippen LogP contribution is -2.55. The van der Waals surface area contributed by atoms with Gasteiger partial charge in [-0.1, -0.05) is 60.7 Å². The molecule has 2 aromatic carbocycles. The van der Waals surface area contributed by atoms with Crippen LogP contribution in [0.2, 0.25) is 0 Å². The topological polar surface area (TPSA) is 87.0 Å². The molecule has 2 amide bonds. The van der Waals surface area contributed by atoms with Crippen molar-refractivity contribution in [2.45, 2.75) is 18.9 Å². The van der Waals surface area contributed by atoms with Crippen molar-refractivity contribution in [2.24, 2.45) is 0 Å². The third-order valence-electron chi connectivity index (χ3n) is 8.02. The smallest absolute Gasteiger partial charge is 0.298 e. The summed E-state index contributed by atoms with van der Waals surface area (Å²) in [5.74, 6) is -1.00. The van der Waals surface area contributed by atoms with Crippen LogP contribution in [0.15, 0.2) is 95.6 Å². The summed E-state index contributed by atoms with van der Waals surface area (Å²) in [7, 11) is 0. The van der Waals surface area contributed by atoms with Crippen molar-refractivity contribution in [2.75, 3.05) is 39.3 Å². The first-order valence-electron chi connectivity index (χ1n) is 14.1. The molecule has 0 N–H and O–H groups in total. The summed E-state index contributed by atoms with van der Waals surface area (Å²) in [6, 6.07) is 27.1. The highest BCUT2D eigenvalue weighted by Gasteiger charge is 2.33. The first-order chi connectivity index (χ1) is 20.1. The Hall–Kier alpha value is -4.56. The standard InChI is InChI=1S/C33H32N4O4/c38-31(30-12-7-21-41-30)33(40)36-15-13-27(14-16-36)35-17-19-37(20-18-35)32(39)26-22-28(24-8-3-1-4-9-24)34-29(23-26)25-10-5-2-6-11-25/h1-12,21-23,27H,13-20H2. The molecule has 2 saturated heterocycles. The Labute approximate surface area is 239 Å². The third-order valence-corrected chi connectivity index (χ3v) is 8.02. The van der Waals surface area contributed by atoms with Crippen LogP contribution in [-0.4, -0.2) is 82.6 Å². The van der Waals surface area contributed by atoms with Crippen molar-refractivity contribution in [3.05, 3.63) is 103 Å². The van der Waals surface area contributed by atoms with Crippen LogP contribution in [0.4, 0.5) is 0 Å². The SMILES string of the molecule is O=C(C(=O)N1CCC(N2CCN(C(=O)c3cc(-c4ccccc4)nc(-c4ccccc4)c3)CC2)CC1)c1ccco1. The molecular formula is C33H32N4O4. The summed E-state index contributed by atoms with van der Waals surface area (Å²) in [6.07, 6.45) is 3.00. The molecule has 8 heteroatoms. The van der Waals surface area contributed by atoms with Crippen molar-refractivity contribution in [1.82, 2.24) is 19.7 Å². The molecule has 0 atom stereocenters. The van der Waals surface area contributed by atoms with E-state index in [4.69, 9.17) is 9.40 Å². The molecule has 2 aliphatic rings. The van der Waals surface area contributed by atoms with Crippen LogP contribution >= 0.6 is 0 Å². The highest BCUT2D eigenvalue weighted by molar-refractivity contribution is 6.41. The minimum absolute atomic E-state index is 0.0123. The van der Waals surface area contributed by atoms with Gasteiger partial charge in [-0.25, -0.2) is 4.98 Å². The lowest BCUT2D eigenvalue weighted by molar-refractivity contribution is -0.128. The van der Waals surface area contributed by atoms with Gasteiger partial charge in [-0.3, -0.25) is 19.3 Å². The number of nitrogens with zero attached hydrogens (tertiary/aromatic N) is 4. The molecular weight excluding hydrogens is 516 g/mol.